The second kappa shape index (κ2) is 10.6. The van der Waals surface area contributed by atoms with E-state index in [9.17, 15) is 0 Å². The maximum Gasteiger partial charge on any atom is 0.193 e. The molecule has 23 heavy (non-hydrogen) atoms. The molecule has 128 valence electrons. The maximum absolute atomic E-state index is 4.83. The van der Waals surface area contributed by atoms with Crippen LogP contribution in [0.15, 0.2) is 35.3 Å². The fourth-order valence-electron chi connectivity index (χ4n) is 3.11. The van der Waals surface area contributed by atoms with Gasteiger partial charge < -0.3 is 10.2 Å². The van der Waals surface area contributed by atoms with Crippen LogP contribution in [0.3, 0.4) is 0 Å². The van der Waals surface area contributed by atoms with Gasteiger partial charge in [0.15, 0.2) is 5.96 Å². The molecule has 1 saturated heterocycles. The van der Waals surface area contributed by atoms with Crippen molar-refractivity contribution < 1.29 is 0 Å². The first-order valence-corrected chi connectivity index (χ1v) is 10.3. The number of likely N-dealkylation sites (tertiary alicyclic amines) is 1. The van der Waals surface area contributed by atoms with Crippen molar-refractivity contribution in [2.75, 3.05) is 38.2 Å². The van der Waals surface area contributed by atoms with Crippen LogP contribution in [0.5, 0.6) is 0 Å². The minimum Gasteiger partial charge on any atom is -0.357 e. The number of rotatable bonds is 8. The number of unbranched alkanes of at least 4 members (excludes halogenated alkanes) is 1. The van der Waals surface area contributed by atoms with Gasteiger partial charge in [-0.15, -0.1) is 0 Å². The van der Waals surface area contributed by atoms with Crippen molar-refractivity contribution in [1.82, 2.24) is 10.2 Å². The minimum atomic E-state index is 0.748. The molecular weight excluding hydrogens is 302 g/mol. The molecule has 4 heteroatoms. The lowest BCUT2D eigenvalue weighted by molar-refractivity contribution is 0.459. The zero-order valence-electron chi connectivity index (χ0n) is 14.6. The molecule has 0 radical (unpaired) electrons. The van der Waals surface area contributed by atoms with Crippen molar-refractivity contribution in [3.05, 3.63) is 35.9 Å². The monoisotopic (exact) mass is 333 g/mol. The molecule has 1 N–H and O–H groups in total. The largest absolute Gasteiger partial charge is 0.357 e. The van der Waals surface area contributed by atoms with E-state index in [0.29, 0.717) is 0 Å². The fourth-order valence-corrected chi connectivity index (χ4v) is 3.60. The minimum absolute atomic E-state index is 0.748. The Labute approximate surface area is 145 Å². The predicted octanol–water partition coefficient (Wildman–Crippen LogP) is 3.66. The average molecular weight is 334 g/mol. The zero-order chi connectivity index (χ0) is 16.3. The van der Waals surface area contributed by atoms with Crippen LogP contribution in [0.2, 0.25) is 0 Å². The van der Waals surface area contributed by atoms with Gasteiger partial charge in [-0.25, -0.2) is 0 Å². The summed E-state index contributed by atoms with van der Waals surface area (Å²) in [5.74, 6) is 3.11. The van der Waals surface area contributed by atoms with Gasteiger partial charge in [0, 0.05) is 26.2 Å². The number of nitrogens with zero attached hydrogens (tertiary/aromatic N) is 2. The van der Waals surface area contributed by atoms with Crippen molar-refractivity contribution in [3.63, 3.8) is 0 Å². The second-order valence-electron chi connectivity index (χ2n) is 6.23. The summed E-state index contributed by atoms with van der Waals surface area (Å²) in [5.41, 5.74) is 1.46. The lowest BCUT2D eigenvalue weighted by Crippen LogP contribution is -2.40. The third-order valence-corrected chi connectivity index (χ3v) is 5.00. The average Bonchev–Trinajstić information content (AvgIpc) is 3.03. The highest BCUT2D eigenvalue weighted by molar-refractivity contribution is 7.98. The Balaban J connectivity index is 1.82. The van der Waals surface area contributed by atoms with Crippen LogP contribution >= 0.6 is 11.8 Å². The molecule has 2 rings (SSSR count). The van der Waals surface area contributed by atoms with Crippen LogP contribution < -0.4 is 5.32 Å². The summed E-state index contributed by atoms with van der Waals surface area (Å²) >= 11 is 1.92. The van der Waals surface area contributed by atoms with E-state index in [0.717, 1.165) is 38.1 Å². The summed E-state index contributed by atoms with van der Waals surface area (Å²) in [4.78, 5) is 7.28. The molecule has 0 spiro atoms. The number of guanidine groups is 1. The quantitative estimate of drug-likeness (QED) is 0.447. The molecule has 1 atom stereocenters. The van der Waals surface area contributed by atoms with Crippen LogP contribution in [0.1, 0.15) is 31.7 Å². The van der Waals surface area contributed by atoms with Gasteiger partial charge in [-0.2, -0.15) is 11.8 Å². The van der Waals surface area contributed by atoms with Crippen molar-refractivity contribution in [2.45, 2.75) is 32.6 Å². The highest BCUT2D eigenvalue weighted by atomic mass is 32.2. The standard InChI is InChI=1S/C19H31N3S/c1-3-20-19(21-12-7-8-14-23-2)22-13-11-18(16-22)15-17-9-5-4-6-10-17/h4-6,9-10,18H,3,7-8,11-16H2,1-2H3,(H,20,21). The molecule has 0 bridgehead atoms. The van der Waals surface area contributed by atoms with E-state index in [4.69, 9.17) is 4.99 Å². The summed E-state index contributed by atoms with van der Waals surface area (Å²) in [6.45, 7) is 6.31. The number of nitrogens with one attached hydrogen (secondary N) is 1. The Morgan fingerprint density at radius 1 is 1.30 bits per heavy atom. The summed E-state index contributed by atoms with van der Waals surface area (Å²) in [6.07, 6.45) is 7.08. The molecule has 1 unspecified atom stereocenters. The lowest BCUT2D eigenvalue weighted by atomic mass is 9.99. The van der Waals surface area contributed by atoms with Gasteiger partial charge in [0.05, 0.1) is 0 Å². The van der Waals surface area contributed by atoms with Crippen LogP contribution in [-0.4, -0.2) is 49.0 Å². The van der Waals surface area contributed by atoms with Gasteiger partial charge in [0.25, 0.3) is 0 Å². The first-order valence-electron chi connectivity index (χ1n) is 8.89. The first kappa shape index (κ1) is 18.2. The van der Waals surface area contributed by atoms with Gasteiger partial charge >= 0.3 is 0 Å². The highest BCUT2D eigenvalue weighted by Gasteiger charge is 2.24. The molecule has 1 heterocycles. The molecule has 1 fully saturated rings. The molecule has 0 saturated carbocycles. The Hall–Kier alpha value is -1.16. The van der Waals surface area contributed by atoms with Crippen molar-refractivity contribution >= 4 is 17.7 Å². The lowest BCUT2D eigenvalue weighted by Gasteiger charge is -2.21. The molecular formula is C19H31N3S. The number of benzene rings is 1. The molecule has 0 aliphatic carbocycles. The van der Waals surface area contributed by atoms with Gasteiger partial charge in [-0.05, 0) is 56.1 Å². The molecule has 0 aromatic heterocycles. The van der Waals surface area contributed by atoms with E-state index >= 15 is 0 Å². The summed E-state index contributed by atoms with van der Waals surface area (Å²) in [6, 6.07) is 10.9. The van der Waals surface area contributed by atoms with E-state index in [1.54, 1.807) is 0 Å². The number of thioether (sulfide) groups is 1. The second-order valence-corrected chi connectivity index (χ2v) is 7.21. The normalized spacial score (nSPS) is 18.4. The third kappa shape index (κ3) is 6.46. The third-order valence-electron chi connectivity index (χ3n) is 4.31. The smallest absolute Gasteiger partial charge is 0.193 e. The molecule has 1 aliphatic heterocycles. The number of hydrogen-bond donors (Lipinski definition) is 1. The van der Waals surface area contributed by atoms with E-state index in [1.165, 1.54) is 37.0 Å². The first-order chi connectivity index (χ1) is 11.3. The number of aliphatic imine (C=N–C) groups is 1. The topological polar surface area (TPSA) is 27.6 Å². The summed E-state index contributed by atoms with van der Waals surface area (Å²) in [5, 5.41) is 3.47. The van der Waals surface area contributed by atoms with E-state index < -0.39 is 0 Å². The van der Waals surface area contributed by atoms with Gasteiger partial charge in [0.2, 0.25) is 0 Å². The van der Waals surface area contributed by atoms with Crippen molar-refractivity contribution in [1.29, 1.82) is 0 Å². The van der Waals surface area contributed by atoms with Crippen LogP contribution in [0, 0.1) is 5.92 Å². The van der Waals surface area contributed by atoms with E-state index in [-0.39, 0.29) is 0 Å². The van der Waals surface area contributed by atoms with Crippen LogP contribution in [0.25, 0.3) is 0 Å². The summed E-state index contributed by atoms with van der Waals surface area (Å²) < 4.78 is 0. The van der Waals surface area contributed by atoms with E-state index in [2.05, 4.69) is 53.7 Å². The molecule has 1 aromatic carbocycles. The fraction of sp³-hybridized carbons (Fsp3) is 0.632. The predicted molar refractivity (Wildman–Crippen MR) is 103 cm³/mol. The Morgan fingerprint density at radius 2 is 2.13 bits per heavy atom. The van der Waals surface area contributed by atoms with E-state index in [1.807, 2.05) is 11.8 Å². The van der Waals surface area contributed by atoms with Crippen molar-refractivity contribution in [2.24, 2.45) is 10.9 Å². The summed E-state index contributed by atoms with van der Waals surface area (Å²) in [7, 11) is 0. The maximum atomic E-state index is 4.83. The Morgan fingerprint density at radius 3 is 2.87 bits per heavy atom. The van der Waals surface area contributed by atoms with Gasteiger partial charge in [-0.1, -0.05) is 30.3 Å². The SMILES string of the molecule is CCNC(=NCCCCSC)N1CCC(Cc2ccccc2)C1. The molecule has 1 aliphatic rings. The Bertz CT molecular complexity index is 461. The Kier molecular flexibility index (Phi) is 8.37. The van der Waals surface area contributed by atoms with Gasteiger partial charge in [-0.3, -0.25) is 4.99 Å². The molecule has 0 amide bonds. The van der Waals surface area contributed by atoms with Gasteiger partial charge in [0.1, 0.15) is 0 Å². The highest BCUT2D eigenvalue weighted by Crippen LogP contribution is 2.20. The zero-order valence-corrected chi connectivity index (χ0v) is 15.4. The van der Waals surface area contributed by atoms with Crippen molar-refractivity contribution in [3.8, 4) is 0 Å². The van der Waals surface area contributed by atoms with Crippen LogP contribution in [-0.2, 0) is 6.42 Å². The molecule has 1 aromatic rings. The van der Waals surface area contributed by atoms with Crippen LogP contribution in [0.4, 0.5) is 0 Å². The molecule has 3 nitrogen and oxygen atoms in total. The number of hydrogen-bond acceptors (Lipinski definition) is 2.